The Labute approximate surface area is 92.7 Å². The molecule has 1 heterocycles. The molecule has 1 aliphatic carbocycles. The van der Waals surface area contributed by atoms with E-state index in [-0.39, 0.29) is 0 Å². The molecule has 0 bridgehead atoms. The predicted molar refractivity (Wildman–Crippen MR) is 60.3 cm³/mol. The predicted octanol–water partition coefficient (Wildman–Crippen LogP) is 2.47. The number of hydrogen-bond acceptors (Lipinski definition) is 3. The van der Waals surface area contributed by atoms with E-state index in [0.717, 1.165) is 16.2 Å². The molecule has 1 atom stereocenters. The summed E-state index contributed by atoms with van der Waals surface area (Å²) in [5.41, 5.74) is 0. The Morgan fingerprint density at radius 1 is 1.57 bits per heavy atom. The Hall–Kier alpha value is -0.640. The molecule has 0 N–H and O–H groups in total. The van der Waals surface area contributed by atoms with Crippen LogP contribution in [0.25, 0.3) is 0 Å². The van der Waals surface area contributed by atoms with E-state index in [1.165, 1.54) is 12.8 Å². The van der Waals surface area contributed by atoms with Crippen LogP contribution >= 0.6 is 15.9 Å². The molecular formula is C10H14BrN3. The van der Waals surface area contributed by atoms with Gasteiger partial charge in [-0.15, -0.1) is 0 Å². The first kappa shape index (κ1) is 9.90. The largest absolute Gasteiger partial charge is 0.356 e. The highest BCUT2D eigenvalue weighted by Gasteiger charge is 2.31. The summed E-state index contributed by atoms with van der Waals surface area (Å²) >= 11 is 3.47. The first-order chi connectivity index (χ1) is 6.70. The maximum Gasteiger partial charge on any atom is 0.146 e. The summed E-state index contributed by atoms with van der Waals surface area (Å²) in [4.78, 5) is 10.5. The maximum atomic E-state index is 4.28. The van der Waals surface area contributed by atoms with E-state index in [1.54, 1.807) is 12.5 Å². The van der Waals surface area contributed by atoms with Crippen LogP contribution in [0.1, 0.15) is 19.8 Å². The summed E-state index contributed by atoms with van der Waals surface area (Å²) in [5, 5.41) is 0. The van der Waals surface area contributed by atoms with Crippen molar-refractivity contribution in [3.63, 3.8) is 0 Å². The van der Waals surface area contributed by atoms with Gasteiger partial charge in [0.1, 0.15) is 12.1 Å². The van der Waals surface area contributed by atoms with E-state index in [1.807, 2.05) is 0 Å². The Balaban J connectivity index is 2.17. The van der Waals surface area contributed by atoms with Gasteiger partial charge in [-0.1, -0.05) is 0 Å². The van der Waals surface area contributed by atoms with Crippen LogP contribution in [-0.4, -0.2) is 23.1 Å². The zero-order valence-corrected chi connectivity index (χ0v) is 10.0. The van der Waals surface area contributed by atoms with Crippen molar-refractivity contribution in [3.8, 4) is 0 Å². The van der Waals surface area contributed by atoms with Crippen molar-refractivity contribution in [2.75, 3.05) is 11.9 Å². The van der Waals surface area contributed by atoms with Gasteiger partial charge in [-0.2, -0.15) is 0 Å². The molecule has 0 amide bonds. The minimum Gasteiger partial charge on any atom is -0.356 e. The average molecular weight is 256 g/mol. The molecule has 0 aliphatic heterocycles. The lowest BCUT2D eigenvalue weighted by Crippen LogP contribution is -2.31. The van der Waals surface area contributed by atoms with Crippen LogP contribution in [0.5, 0.6) is 0 Å². The first-order valence-corrected chi connectivity index (χ1v) is 5.68. The van der Waals surface area contributed by atoms with Gasteiger partial charge in [0.05, 0.1) is 4.47 Å². The number of hydrogen-bond donors (Lipinski definition) is 0. The molecule has 1 aliphatic rings. The SMILES string of the molecule is CC(C1CC1)N(C)c1ncncc1Br. The number of halogens is 1. The van der Waals surface area contributed by atoms with Crippen LogP contribution in [-0.2, 0) is 0 Å². The van der Waals surface area contributed by atoms with E-state index in [0.29, 0.717) is 6.04 Å². The summed E-state index contributed by atoms with van der Waals surface area (Å²) in [6.07, 6.45) is 6.09. The molecule has 0 radical (unpaired) electrons. The average Bonchev–Trinajstić information content (AvgIpc) is 3.00. The molecule has 0 spiro atoms. The molecule has 14 heavy (non-hydrogen) atoms. The highest BCUT2D eigenvalue weighted by atomic mass is 79.9. The van der Waals surface area contributed by atoms with Gasteiger partial charge in [0.15, 0.2) is 0 Å². The molecule has 1 unspecified atom stereocenters. The van der Waals surface area contributed by atoms with Gasteiger partial charge in [0.25, 0.3) is 0 Å². The fourth-order valence-electron chi connectivity index (χ4n) is 1.65. The van der Waals surface area contributed by atoms with Gasteiger partial charge in [-0.25, -0.2) is 9.97 Å². The van der Waals surface area contributed by atoms with Crippen molar-refractivity contribution in [2.24, 2.45) is 5.92 Å². The second-order valence-corrected chi connectivity index (χ2v) is 4.74. The van der Waals surface area contributed by atoms with Crippen molar-refractivity contribution >= 4 is 21.7 Å². The van der Waals surface area contributed by atoms with Crippen LogP contribution < -0.4 is 4.90 Å². The van der Waals surface area contributed by atoms with Crippen molar-refractivity contribution in [2.45, 2.75) is 25.8 Å². The molecule has 4 heteroatoms. The van der Waals surface area contributed by atoms with E-state index < -0.39 is 0 Å². The number of anilines is 1. The Morgan fingerprint density at radius 2 is 2.29 bits per heavy atom. The van der Waals surface area contributed by atoms with Gasteiger partial charge in [-0.05, 0) is 41.6 Å². The third-order valence-corrected chi connectivity index (χ3v) is 3.46. The first-order valence-electron chi connectivity index (χ1n) is 4.88. The third kappa shape index (κ3) is 1.90. The van der Waals surface area contributed by atoms with E-state index in [2.05, 4.69) is 44.8 Å². The van der Waals surface area contributed by atoms with Crippen molar-refractivity contribution in [1.29, 1.82) is 0 Å². The minimum atomic E-state index is 0.571. The van der Waals surface area contributed by atoms with Gasteiger partial charge in [0, 0.05) is 19.3 Å². The molecule has 1 saturated carbocycles. The minimum absolute atomic E-state index is 0.571. The highest BCUT2D eigenvalue weighted by molar-refractivity contribution is 9.10. The molecule has 0 aromatic carbocycles. The molecule has 3 nitrogen and oxygen atoms in total. The number of nitrogens with zero attached hydrogens (tertiary/aromatic N) is 3. The van der Waals surface area contributed by atoms with Crippen molar-refractivity contribution in [1.82, 2.24) is 9.97 Å². The Morgan fingerprint density at radius 3 is 2.86 bits per heavy atom. The molecule has 2 rings (SSSR count). The second-order valence-electron chi connectivity index (χ2n) is 3.88. The maximum absolute atomic E-state index is 4.28. The fourth-order valence-corrected chi connectivity index (χ4v) is 2.15. The topological polar surface area (TPSA) is 29.0 Å². The lowest BCUT2D eigenvalue weighted by atomic mass is 10.2. The van der Waals surface area contributed by atoms with E-state index in [4.69, 9.17) is 0 Å². The summed E-state index contributed by atoms with van der Waals surface area (Å²) in [6.45, 7) is 2.26. The molecule has 1 aromatic rings. The zero-order valence-electron chi connectivity index (χ0n) is 8.44. The van der Waals surface area contributed by atoms with Gasteiger partial charge < -0.3 is 4.90 Å². The van der Waals surface area contributed by atoms with Crippen LogP contribution in [0.3, 0.4) is 0 Å². The van der Waals surface area contributed by atoms with Crippen molar-refractivity contribution in [3.05, 3.63) is 17.0 Å². The number of rotatable bonds is 3. The monoisotopic (exact) mass is 255 g/mol. The van der Waals surface area contributed by atoms with Gasteiger partial charge >= 0.3 is 0 Å². The molecule has 1 aromatic heterocycles. The zero-order chi connectivity index (χ0) is 10.1. The highest BCUT2D eigenvalue weighted by Crippen LogP contribution is 2.36. The summed E-state index contributed by atoms with van der Waals surface area (Å²) in [5.74, 6) is 1.83. The van der Waals surface area contributed by atoms with Gasteiger partial charge in [-0.3, -0.25) is 0 Å². The molecule has 0 saturated heterocycles. The lowest BCUT2D eigenvalue weighted by molar-refractivity contribution is 0.602. The van der Waals surface area contributed by atoms with E-state index in [9.17, 15) is 0 Å². The van der Waals surface area contributed by atoms with Crippen molar-refractivity contribution < 1.29 is 0 Å². The number of aromatic nitrogens is 2. The quantitative estimate of drug-likeness (QED) is 0.831. The summed E-state index contributed by atoms with van der Waals surface area (Å²) < 4.78 is 0.968. The van der Waals surface area contributed by atoms with Crippen LogP contribution in [0.4, 0.5) is 5.82 Å². The Bertz CT molecular complexity index is 325. The molecular weight excluding hydrogens is 242 g/mol. The lowest BCUT2D eigenvalue weighted by Gasteiger charge is -2.26. The molecule has 1 fully saturated rings. The summed E-state index contributed by atoms with van der Waals surface area (Å²) in [7, 11) is 2.09. The third-order valence-electron chi connectivity index (χ3n) is 2.90. The van der Waals surface area contributed by atoms with E-state index >= 15 is 0 Å². The van der Waals surface area contributed by atoms with Crippen LogP contribution in [0.2, 0.25) is 0 Å². The summed E-state index contributed by atoms with van der Waals surface area (Å²) in [6, 6.07) is 0.571. The smallest absolute Gasteiger partial charge is 0.146 e. The second kappa shape index (κ2) is 3.85. The Kier molecular flexibility index (Phi) is 2.72. The van der Waals surface area contributed by atoms with Crippen LogP contribution in [0.15, 0.2) is 17.0 Å². The molecule has 76 valence electrons. The normalized spacial score (nSPS) is 17.9. The van der Waals surface area contributed by atoms with Crippen LogP contribution in [0, 0.1) is 5.92 Å². The standard InChI is InChI=1S/C10H14BrN3/c1-7(8-3-4-8)14(2)10-9(11)5-12-6-13-10/h5-8H,3-4H2,1-2H3. The van der Waals surface area contributed by atoms with Gasteiger partial charge in [0.2, 0.25) is 0 Å². The fraction of sp³-hybridized carbons (Fsp3) is 0.600.